The highest BCUT2D eigenvalue weighted by atomic mass is 79.9. The number of carbonyl (C=O) groups is 1. The second kappa shape index (κ2) is 6.20. The zero-order valence-corrected chi connectivity index (χ0v) is 13.7. The van der Waals surface area contributed by atoms with Gasteiger partial charge < -0.3 is 5.32 Å². The van der Waals surface area contributed by atoms with Gasteiger partial charge in [-0.15, -0.1) is 0 Å². The van der Waals surface area contributed by atoms with Crippen molar-refractivity contribution in [3.05, 3.63) is 68.7 Å². The monoisotopic (exact) mass is 363 g/mol. The summed E-state index contributed by atoms with van der Waals surface area (Å²) in [4.78, 5) is 12.3. The van der Waals surface area contributed by atoms with E-state index in [9.17, 15) is 4.79 Å². The van der Waals surface area contributed by atoms with Crippen molar-refractivity contribution in [1.82, 2.24) is 5.32 Å². The van der Waals surface area contributed by atoms with Crippen LogP contribution in [0.3, 0.4) is 0 Å². The Morgan fingerprint density at radius 1 is 1.14 bits per heavy atom. The minimum Gasteiger partial charge on any atom is -0.352 e. The lowest BCUT2D eigenvalue weighted by Gasteiger charge is -2.10. The number of nitrogens with one attached hydrogen (secondary N) is 1. The molecule has 0 saturated heterocycles. The standard InChI is InChI=1S/C17H15BrClNO/c18-15-4-3-12-7-14(8-13(12)9-15)17(21)20-10-11-1-5-16(19)6-2-11/h1-6,9,14H,7-8,10H2,(H,20,21). The summed E-state index contributed by atoms with van der Waals surface area (Å²) in [5, 5.41) is 3.73. The molecule has 1 aliphatic carbocycles. The van der Waals surface area contributed by atoms with E-state index in [4.69, 9.17) is 11.6 Å². The molecule has 4 heteroatoms. The highest BCUT2D eigenvalue weighted by molar-refractivity contribution is 9.10. The molecule has 108 valence electrons. The lowest BCUT2D eigenvalue weighted by atomic mass is 10.1. The van der Waals surface area contributed by atoms with Crippen LogP contribution in [0.25, 0.3) is 0 Å². The highest BCUT2D eigenvalue weighted by Crippen LogP contribution is 2.29. The van der Waals surface area contributed by atoms with Gasteiger partial charge in [-0.3, -0.25) is 4.79 Å². The van der Waals surface area contributed by atoms with Crippen LogP contribution in [0.15, 0.2) is 46.9 Å². The smallest absolute Gasteiger partial charge is 0.224 e. The lowest BCUT2D eigenvalue weighted by Crippen LogP contribution is -2.30. The van der Waals surface area contributed by atoms with Gasteiger partial charge in [-0.25, -0.2) is 0 Å². The Labute approximate surface area is 137 Å². The molecule has 2 aromatic rings. The molecule has 1 aliphatic rings. The maximum atomic E-state index is 12.3. The quantitative estimate of drug-likeness (QED) is 0.871. The molecule has 0 saturated carbocycles. The molecular weight excluding hydrogens is 350 g/mol. The lowest BCUT2D eigenvalue weighted by molar-refractivity contribution is -0.124. The third-order valence-electron chi connectivity index (χ3n) is 3.85. The van der Waals surface area contributed by atoms with E-state index in [-0.39, 0.29) is 11.8 Å². The number of hydrogen-bond acceptors (Lipinski definition) is 1. The first-order chi connectivity index (χ1) is 10.1. The van der Waals surface area contributed by atoms with Crippen LogP contribution < -0.4 is 5.32 Å². The van der Waals surface area contributed by atoms with Crippen LogP contribution >= 0.6 is 27.5 Å². The average molecular weight is 365 g/mol. The fraction of sp³-hybridized carbons (Fsp3) is 0.235. The molecule has 0 fully saturated rings. The molecule has 0 aromatic heterocycles. The Balaban J connectivity index is 1.59. The molecule has 1 atom stereocenters. The molecule has 1 N–H and O–H groups in total. The number of carbonyl (C=O) groups excluding carboxylic acids is 1. The van der Waals surface area contributed by atoms with E-state index in [1.807, 2.05) is 30.3 Å². The SMILES string of the molecule is O=C(NCc1ccc(Cl)cc1)C1Cc2ccc(Br)cc2C1. The second-order valence-corrected chi connectivity index (χ2v) is 6.71. The zero-order valence-electron chi connectivity index (χ0n) is 11.4. The molecule has 0 bridgehead atoms. The normalized spacial score (nSPS) is 16.6. The first kappa shape index (κ1) is 14.6. The van der Waals surface area contributed by atoms with Gasteiger partial charge in [-0.05, 0) is 53.8 Å². The largest absolute Gasteiger partial charge is 0.352 e. The number of halogens is 2. The van der Waals surface area contributed by atoms with Gasteiger partial charge in [-0.2, -0.15) is 0 Å². The van der Waals surface area contributed by atoms with E-state index < -0.39 is 0 Å². The Morgan fingerprint density at radius 3 is 2.62 bits per heavy atom. The third-order valence-corrected chi connectivity index (χ3v) is 4.60. The minimum absolute atomic E-state index is 0.0431. The number of fused-ring (bicyclic) bond motifs is 1. The maximum Gasteiger partial charge on any atom is 0.224 e. The van der Waals surface area contributed by atoms with Crippen molar-refractivity contribution < 1.29 is 4.79 Å². The molecule has 1 amide bonds. The summed E-state index contributed by atoms with van der Waals surface area (Å²) in [7, 11) is 0. The van der Waals surface area contributed by atoms with Crippen LogP contribution in [0, 0.1) is 5.92 Å². The van der Waals surface area contributed by atoms with Crippen molar-refractivity contribution >= 4 is 33.4 Å². The molecule has 21 heavy (non-hydrogen) atoms. The fourth-order valence-corrected chi connectivity index (χ4v) is 3.24. The number of amides is 1. The Bertz CT molecular complexity index is 669. The van der Waals surface area contributed by atoms with Crippen molar-refractivity contribution in [1.29, 1.82) is 0 Å². The Kier molecular flexibility index (Phi) is 4.32. The van der Waals surface area contributed by atoms with Crippen molar-refractivity contribution in [3.63, 3.8) is 0 Å². The summed E-state index contributed by atoms with van der Waals surface area (Å²) >= 11 is 9.33. The summed E-state index contributed by atoms with van der Waals surface area (Å²) in [5.41, 5.74) is 3.62. The summed E-state index contributed by atoms with van der Waals surface area (Å²) < 4.78 is 1.07. The molecule has 3 rings (SSSR count). The molecular formula is C17H15BrClNO. The van der Waals surface area contributed by atoms with Gasteiger partial charge in [0.05, 0.1) is 0 Å². The van der Waals surface area contributed by atoms with E-state index in [2.05, 4.69) is 33.4 Å². The van der Waals surface area contributed by atoms with Gasteiger partial charge in [0.2, 0.25) is 5.91 Å². The van der Waals surface area contributed by atoms with Crippen LogP contribution in [-0.4, -0.2) is 5.91 Å². The van der Waals surface area contributed by atoms with Gasteiger partial charge in [0.25, 0.3) is 0 Å². The van der Waals surface area contributed by atoms with Gasteiger partial charge in [0, 0.05) is 22.0 Å². The summed E-state index contributed by atoms with van der Waals surface area (Å²) in [6.07, 6.45) is 1.65. The molecule has 0 radical (unpaired) electrons. The Hall–Kier alpha value is -1.32. The van der Waals surface area contributed by atoms with Gasteiger partial charge in [0.1, 0.15) is 0 Å². The van der Waals surface area contributed by atoms with E-state index in [1.54, 1.807) is 0 Å². The van der Waals surface area contributed by atoms with Crippen molar-refractivity contribution in [3.8, 4) is 0 Å². The van der Waals surface area contributed by atoms with Crippen molar-refractivity contribution in [2.75, 3.05) is 0 Å². The summed E-state index contributed by atoms with van der Waals surface area (Å²) in [5.74, 6) is 0.166. The molecule has 1 unspecified atom stereocenters. The van der Waals surface area contributed by atoms with E-state index >= 15 is 0 Å². The first-order valence-corrected chi connectivity index (χ1v) is 8.08. The molecule has 0 aliphatic heterocycles. The second-order valence-electron chi connectivity index (χ2n) is 5.36. The number of rotatable bonds is 3. The molecule has 0 spiro atoms. The summed E-state index contributed by atoms with van der Waals surface area (Å²) in [6.45, 7) is 0.548. The molecule has 0 heterocycles. The van der Waals surface area contributed by atoms with Crippen LogP contribution in [0.1, 0.15) is 16.7 Å². The van der Waals surface area contributed by atoms with E-state index in [0.29, 0.717) is 11.6 Å². The van der Waals surface area contributed by atoms with Crippen molar-refractivity contribution in [2.24, 2.45) is 5.92 Å². The predicted octanol–water partition coefficient (Wildman–Crippen LogP) is 4.13. The highest BCUT2D eigenvalue weighted by Gasteiger charge is 2.27. The number of benzene rings is 2. The van der Waals surface area contributed by atoms with Crippen LogP contribution in [0.4, 0.5) is 0 Å². The van der Waals surface area contributed by atoms with E-state index in [1.165, 1.54) is 11.1 Å². The van der Waals surface area contributed by atoms with Gasteiger partial charge in [0.15, 0.2) is 0 Å². The van der Waals surface area contributed by atoms with Gasteiger partial charge >= 0.3 is 0 Å². The zero-order chi connectivity index (χ0) is 14.8. The average Bonchev–Trinajstić information content (AvgIpc) is 2.89. The molecule has 2 nitrogen and oxygen atoms in total. The first-order valence-electron chi connectivity index (χ1n) is 6.91. The third kappa shape index (κ3) is 3.47. The predicted molar refractivity (Wildman–Crippen MR) is 88.3 cm³/mol. The maximum absolute atomic E-state index is 12.3. The minimum atomic E-state index is 0.0431. The van der Waals surface area contributed by atoms with Gasteiger partial charge in [-0.1, -0.05) is 45.7 Å². The van der Waals surface area contributed by atoms with Crippen LogP contribution in [-0.2, 0) is 24.2 Å². The van der Waals surface area contributed by atoms with Crippen LogP contribution in [0.5, 0.6) is 0 Å². The topological polar surface area (TPSA) is 29.1 Å². The van der Waals surface area contributed by atoms with Crippen LogP contribution in [0.2, 0.25) is 5.02 Å². The molecule has 2 aromatic carbocycles. The Morgan fingerprint density at radius 2 is 1.86 bits per heavy atom. The van der Waals surface area contributed by atoms with Crippen molar-refractivity contribution in [2.45, 2.75) is 19.4 Å². The number of hydrogen-bond donors (Lipinski definition) is 1. The summed E-state index contributed by atoms with van der Waals surface area (Å²) in [6, 6.07) is 13.8. The fourth-order valence-electron chi connectivity index (χ4n) is 2.71. The van der Waals surface area contributed by atoms with E-state index in [0.717, 1.165) is 22.9 Å².